The Labute approximate surface area is 141 Å². The van der Waals surface area contributed by atoms with Crippen molar-refractivity contribution < 1.29 is 4.74 Å². The number of aromatic nitrogens is 3. The molecule has 5 nitrogen and oxygen atoms in total. The predicted molar refractivity (Wildman–Crippen MR) is 95.7 cm³/mol. The van der Waals surface area contributed by atoms with Gasteiger partial charge in [0.15, 0.2) is 0 Å². The molecule has 0 spiro atoms. The van der Waals surface area contributed by atoms with Crippen molar-refractivity contribution in [3.63, 3.8) is 0 Å². The van der Waals surface area contributed by atoms with Gasteiger partial charge in [0, 0.05) is 31.4 Å². The van der Waals surface area contributed by atoms with Crippen LogP contribution in [0.3, 0.4) is 0 Å². The molecule has 0 fully saturated rings. The minimum Gasteiger partial charge on any atom is -0.385 e. The average molecular weight is 320 g/mol. The van der Waals surface area contributed by atoms with Gasteiger partial charge in [0.1, 0.15) is 11.4 Å². The summed E-state index contributed by atoms with van der Waals surface area (Å²) in [5.74, 6) is 0.532. The summed E-state index contributed by atoms with van der Waals surface area (Å²) in [5.41, 5.74) is 3.63. The molecule has 1 aromatic heterocycles. The average Bonchev–Trinajstić information content (AvgIpc) is 2.66. The SMILES string of the molecule is COCCCNc1nnc(-c2ccccc2)c(-c2ccccc2)n1. The van der Waals surface area contributed by atoms with E-state index < -0.39 is 0 Å². The van der Waals surface area contributed by atoms with E-state index in [1.807, 2.05) is 60.7 Å². The van der Waals surface area contributed by atoms with Gasteiger partial charge in [-0.3, -0.25) is 0 Å². The van der Waals surface area contributed by atoms with E-state index in [9.17, 15) is 0 Å². The second kappa shape index (κ2) is 8.17. The van der Waals surface area contributed by atoms with Crippen molar-refractivity contribution >= 4 is 5.95 Å². The number of nitrogens with zero attached hydrogens (tertiary/aromatic N) is 3. The van der Waals surface area contributed by atoms with Crippen LogP contribution in [0.5, 0.6) is 0 Å². The van der Waals surface area contributed by atoms with Crippen molar-refractivity contribution in [3.8, 4) is 22.5 Å². The first kappa shape index (κ1) is 16.1. The number of hydrogen-bond donors (Lipinski definition) is 1. The number of anilines is 1. The summed E-state index contributed by atoms with van der Waals surface area (Å²) < 4.78 is 5.05. The maximum Gasteiger partial charge on any atom is 0.243 e. The number of rotatable bonds is 7. The van der Waals surface area contributed by atoms with Crippen molar-refractivity contribution in [1.82, 2.24) is 15.2 Å². The van der Waals surface area contributed by atoms with Gasteiger partial charge in [0.05, 0.1) is 0 Å². The minimum atomic E-state index is 0.532. The highest BCUT2D eigenvalue weighted by Crippen LogP contribution is 2.28. The molecule has 0 amide bonds. The highest BCUT2D eigenvalue weighted by molar-refractivity contribution is 5.77. The topological polar surface area (TPSA) is 59.9 Å². The zero-order chi connectivity index (χ0) is 16.6. The Morgan fingerprint density at radius 3 is 2.08 bits per heavy atom. The summed E-state index contributed by atoms with van der Waals surface area (Å²) >= 11 is 0. The molecule has 0 radical (unpaired) electrons. The van der Waals surface area contributed by atoms with Gasteiger partial charge in [-0.2, -0.15) is 0 Å². The number of nitrogens with one attached hydrogen (secondary N) is 1. The molecule has 1 N–H and O–H groups in total. The van der Waals surface area contributed by atoms with Crippen molar-refractivity contribution in [2.45, 2.75) is 6.42 Å². The normalized spacial score (nSPS) is 10.5. The molecule has 0 aliphatic carbocycles. The van der Waals surface area contributed by atoms with Crippen LogP contribution >= 0.6 is 0 Å². The van der Waals surface area contributed by atoms with E-state index in [1.165, 1.54) is 0 Å². The summed E-state index contributed by atoms with van der Waals surface area (Å²) in [4.78, 5) is 4.69. The Morgan fingerprint density at radius 1 is 0.833 bits per heavy atom. The van der Waals surface area contributed by atoms with E-state index in [-0.39, 0.29) is 0 Å². The Hall–Kier alpha value is -2.79. The monoisotopic (exact) mass is 320 g/mol. The zero-order valence-electron chi connectivity index (χ0n) is 13.6. The quantitative estimate of drug-likeness (QED) is 0.673. The number of ether oxygens (including phenoxy) is 1. The molecule has 5 heteroatoms. The van der Waals surface area contributed by atoms with Crippen LogP contribution in [0, 0.1) is 0 Å². The molecule has 0 aliphatic rings. The molecule has 122 valence electrons. The van der Waals surface area contributed by atoms with Crippen molar-refractivity contribution in [3.05, 3.63) is 60.7 Å². The van der Waals surface area contributed by atoms with Crippen molar-refractivity contribution in [1.29, 1.82) is 0 Å². The van der Waals surface area contributed by atoms with Crippen LogP contribution < -0.4 is 5.32 Å². The maximum atomic E-state index is 5.05. The molecule has 2 aromatic carbocycles. The fourth-order valence-electron chi connectivity index (χ4n) is 2.41. The Morgan fingerprint density at radius 2 is 1.46 bits per heavy atom. The third-order valence-corrected chi connectivity index (χ3v) is 3.59. The van der Waals surface area contributed by atoms with Gasteiger partial charge >= 0.3 is 0 Å². The van der Waals surface area contributed by atoms with Crippen molar-refractivity contribution in [2.24, 2.45) is 0 Å². The van der Waals surface area contributed by atoms with Gasteiger partial charge in [-0.05, 0) is 6.42 Å². The van der Waals surface area contributed by atoms with E-state index in [4.69, 9.17) is 9.72 Å². The molecule has 1 heterocycles. The van der Waals surface area contributed by atoms with E-state index in [2.05, 4.69) is 15.5 Å². The van der Waals surface area contributed by atoms with Gasteiger partial charge in [0.25, 0.3) is 0 Å². The van der Waals surface area contributed by atoms with E-state index in [1.54, 1.807) is 7.11 Å². The molecule has 0 unspecified atom stereocenters. The lowest BCUT2D eigenvalue weighted by atomic mass is 10.0. The first-order chi connectivity index (χ1) is 11.9. The van der Waals surface area contributed by atoms with E-state index in [0.29, 0.717) is 12.6 Å². The Bertz CT molecular complexity index is 763. The lowest BCUT2D eigenvalue weighted by Crippen LogP contribution is -2.09. The van der Waals surface area contributed by atoms with Crippen LogP contribution in [0.1, 0.15) is 6.42 Å². The summed E-state index contributed by atoms with van der Waals surface area (Å²) in [5, 5.41) is 11.8. The van der Waals surface area contributed by atoms with Gasteiger partial charge < -0.3 is 10.1 Å². The second-order valence-corrected chi connectivity index (χ2v) is 5.34. The molecule has 0 aliphatic heterocycles. The third kappa shape index (κ3) is 3.94. The largest absolute Gasteiger partial charge is 0.385 e. The number of methoxy groups -OCH3 is 1. The Kier molecular flexibility index (Phi) is 5.48. The first-order valence-corrected chi connectivity index (χ1v) is 7.97. The fraction of sp³-hybridized carbons (Fsp3) is 0.211. The van der Waals surface area contributed by atoms with E-state index in [0.717, 1.165) is 35.5 Å². The smallest absolute Gasteiger partial charge is 0.243 e. The van der Waals surface area contributed by atoms with Gasteiger partial charge in [-0.15, -0.1) is 10.2 Å². The summed E-state index contributed by atoms with van der Waals surface area (Å²) in [6.07, 6.45) is 0.890. The fourth-order valence-corrected chi connectivity index (χ4v) is 2.41. The van der Waals surface area contributed by atoms with E-state index >= 15 is 0 Å². The molecule has 0 atom stereocenters. The van der Waals surface area contributed by atoms with Crippen LogP contribution in [0.25, 0.3) is 22.5 Å². The Balaban J connectivity index is 1.94. The van der Waals surface area contributed by atoms with Crippen LogP contribution in [-0.2, 0) is 4.74 Å². The standard InChI is InChI=1S/C19H20N4O/c1-24-14-8-13-20-19-21-17(15-9-4-2-5-10-15)18(22-23-19)16-11-6-3-7-12-16/h2-7,9-12H,8,13-14H2,1H3,(H,20,21,23). The molecule has 24 heavy (non-hydrogen) atoms. The lowest BCUT2D eigenvalue weighted by Gasteiger charge is -2.10. The maximum absolute atomic E-state index is 5.05. The molecule has 3 aromatic rings. The van der Waals surface area contributed by atoms with Gasteiger partial charge in [0.2, 0.25) is 5.95 Å². The summed E-state index contributed by atoms with van der Waals surface area (Å²) in [7, 11) is 1.69. The highest BCUT2D eigenvalue weighted by Gasteiger charge is 2.13. The predicted octanol–water partition coefficient (Wildman–Crippen LogP) is 3.65. The van der Waals surface area contributed by atoms with Crippen molar-refractivity contribution in [2.75, 3.05) is 25.6 Å². The molecule has 0 bridgehead atoms. The lowest BCUT2D eigenvalue weighted by molar-refractivity contribution is 0.197. The third-order valence-electron chi connectivity index (χ3n) is 3.59. The molecule has 0 saturated heterocycles. The number of hydrogen-bond acceptors (Lipinski definition) is 5. The van der Waals surface area contributed by atoms with Gasteiger partial charge in [-0.25, -0.2) is 4.98 Å². The van der Waals surface area contributed by atoms with Crippen LogP contribution in [-0.4, -0.2) is 35.4 Å². The molecule has 3 rings (SSSR count). The number of benzene rings is 2. The molecular weight excluding hydrogens is 300 g/mol. The van der Waals surface area contributed by atoms with Crippen LogP contribution in [0.15, 0.2) is 60.7 Å². The second-order valence-electron chi connectivity index (χ2n) is 5.34. The van der Waals surface area contributed by atoms with Crippen LogP contribution in [0.4, 0.5) is 5.95 Å². The first-order valence-electron chi connectivity index (χ1n) is 7.97. The zero-order valence-corrected chi connectivity index (χ0v) is 13.6. The van der Waals surface area contributed by atoms with Crippen LogP contribution in [0.2, 0.25) is 0 Å². The summed E-state index contributed by atoms with van der Waals surface area (Å²) in [6.45, 7) is 1.45. The highest BCUT2D eigenvalue weighted by atomic mass is 16.5. The van der Waals surface area contributed by atoms with Gasteiger partial charge in [-0.1, -0.05) is 60.7 Å². The minimum absolute atomic E-state index is 0.532. The summed E-state index contributed by atoms with van der Waals surface area (Å²) in [6, 6.07) is 20.0. The molecule has 0 saturated carbocycles. The molecular formula is C19H20N4O.